The lowest BCUT2D eigenvalue weighted by atomic mass is 10.0. The zero-order valence-corrected chi connectivity index (χ0v) is 14.3. The number of anilines is 2. The van der Waals surface area contributed by atoms with Gasteiger partial charge in [-0.1, -0.05) is 12.1 Å². The summed E-state index contributed by atoms with van der Waals surface area (Å²) in [6.07, 6.45) is 0. The van der Waals surface area contributed by atoms with Crippen molar-refractivity contribution < 1.29 is 10.2 Å². The van der Waals surface area contributed by atoms with Gasteiger partial charge in [0, 0.05) is 25.3 Å². The highest BCUT2D eigenvalue weighted by atomic mass is 16.3. The zero-order valence-electron chi connectivity index (χ0n) is 14.3. The Bertz CT molecular complexity index is 1020. The molecule has 0 unspecified atom stereocenters. The second-order valence-electron chi connectivity index (χ2n) is 5.91. The van der Waals surface area contributed by atoms with Crippen LogP contribution in [-0.2, 0) is 0 Å². The predicted molar refractivity (Wildman–Crippen MR) is 99.7 cm³/mol. The van der Waals surface area contributed by atoms with Crippen molar-refractivity contribution in [2.75, 3.05) is 24.7 Å². The lowest BCUT2D eigenvalue weighted by Crippen LogP contribution is -2.08. The number of hydrogen-bond donors (Lipinski definition) is 3. The minimum absolute atomic E-state index is 0.00509. The summed E-state index contributed by atoms with van der Waals surface area (Å²) in [5.74, 6) is -0.00830. The van der Waals surface area contributed by atoms with Crippen LogP contribution in [0.1, 0.15) is 5.56 Å². The monoisotopic (exact) mass is 347 g/mol. The number of hydrogen-bond acceptors (Lipinski definition) is 7. The van der Waals surface area contributed by atoms with E-state index >= 15 is 0 Å². The van der Waals surface area contributed by atoms with Gasteiger partial charge in [-0.2, -0.15) is 5.26 Å². The maximum atomic E-state index is 10.1. The van der Waals surface area contributed by atoms with Crippen molar-refractivity contribution in [3.05, 3.63) is 48.0 Å². The van der Waals surface area contributed by atoms with Gasteiger partial charge in [-0.15, -0.1) is 0 Å². The van der Waals surface area contributed by atoms with Gasteiger partial charge >= 0.3 is 0 Å². The molecule has 4 N–H and O–H groups in total. The fraction of sp³-hybridized carbons (Fsp3) is 0.105. The summed E-state index contributed by atoms with van der Waals surface area (Å²) in [6.45, 7) is 0. The van der Waals surface area contributed by atoms with E-state index in [-0.39, 0.29) is 34.3 Å². The van der Waals surface area contributed by atoms with Gasteiger partial charge in [0.05, 0.1) is 11.3 Å². The third-order valence-electron chi connectivity index (χ3n) is 3.91. The van der Waals surface area contributed by atoms with Gasteiger partial charge in [-0.05, 0) is 30.3 Å². The number of aromatic nitrogens is 2. The van der Waals surface area contributed by atoms with Gasteiger partial charge in [0.1, 0.15) is 28.9 Å². The summed E-state index contributed by atoms with van der Waals surface area (Å²) in [6, 6.07) is 13.6. The number of nitriles is 1. The molecule has 0 atom stereocenters. The maximum Gasteiger partial charge on any atom is 0.166 e. The van der Waals surface area contributed by atoms with Crippen LogP contribution >= 0.6 is 0 Å². The van der Waals surface area contributed by atoms with Gasteiger partial charge in [0.2, 0.25) is 0 Å². The van der Waals surface area contributed by atoms with Crippen LogP contribution in [0.4, 0.5) is 11.5 Å². The van der Waals surface area contributed by atoms with E-state index in [1.807, 2.05) is 49.3 Å². The first-order valence-electron chi connectivity index (χ1n) is 7.78. The number of rotatable bonds is 3. The number of phenols is 2. The molecule has 0 amide bonds. The molecule has 0 spiro atoms. The Morgan fingerprint density at radius 1 is 1.08 bits per heavy atom. The molecular weight excluding hydrogens is 330 g/mol. The molecule has 7 heteroatoms. The van der Waals surface area contributed by atoms with Crippen LogP contribution < -0.4 is 10.6 Å². The molecule has 1 heterocycles. The van der Waals surface area contributed by atoms with Crippen LogP contribution in [0.2, 0.25) is 0 Å². The van der Waals surface area contributed by atoms with E-state index in [9.17, 15) is 15.5 Å². The van der Waals surface area contributed by atoms with Gasteiger partial charge < -0.3 is 20.8 Å². The topological polar surface area (TPSA) is 119 Å². The van der Waals surface area contributed by atoms with Crippen LogP contribution in [0.3, 0.4) is 0 Å². The minimum Gasteiger partial charge on any atom is -0.508 e. The molecule has 0 saturated carbocycles. The van der Waals surface area contributed by atoms with E-state index in [1.165, 1.54) is 18.2 Å². The van der Waals surface area contributed by atoms with Crippen molar-refractivity contribution in [3.63, 3.8) is 0 Å². The van der Waals surface area contributed by atoms with E-state index in [0.717, 1.165) is 5.69 Å². The molecular formula is C19H17N5O2. The van der Waals surface area contributed by atoms with Crippen molar-refractivity contribution in [2.24, 2.45) is 0 Å². The first-order chi connectivity index (χ1) is 12.4. The molecule has 0 saturated heterocycles. The van der Waals surface area contributed by atoms with E-state index in [1.54, 1.807) is 0 Å². The normalized spacial score (nSPS) is 10.3. The number of nitrogens with zero attached hydrogens (tertiary/aromatic N) is 4. The largest absolute Gasteiger partial charge is 0.508 e. The number of nitrogen functional groups attached to an aromatic ring is 1. The molecule has 0 fully saturated rings. The molecule has 2 aromatic carbocycles. The molecule has 26 heavy (non-hydrogen) atoms. The smallest absolute Gasteiger partial charge is 0.166 e. The van der Waals surface area contributed by atoms with Crippen molar-refractivity contribution in [2.45, 2.75) is 0 Å². The van der Waals surface area contributed by atoms with Crippen molar-refractivity contribution in [1.82, 2.24) is 9.97 Å². The third-order valence-corrected chi connectivity index (χ3v) is 3.91. The van der Waals surface area contributed by atoms with Gasteiger partial charge in [-0.3, -0.25) is 0 Å². The van der Waals surface area contributed by atoms with Gasteiger partial charge in [0.25, 0.3) is 0 Å². The van der Waals surface area contributed by atoms with E-state index < -0.39 is 0 Å². The Kier molecular flexibility index (Phi) is 4.33. The van der Waals surface area contributed by atoms with Crippen molar-refractivity contribution in [3.8, 4) is 40.2 Å². The fourth-order valence-electron chi connectivity index (χ4n) is 2.55. The van der Waals surface area contributed by atoms with Crippen LogP contribution in [0.25, 0.3) is 22.6 Å². The number of nitrogens with two attached hydrogens (primary N) is 1. The molecule has 0 aliphatic carbocycles. The second kappa shape index (κ2) is 6.61. The van der Waals surface area contributed by atoms with Gasteiger partial charge in [-0.25, -0.2) is 9.97 Å². The summed E-state index contributed by atoms with van der Waals surface area (Å²) in [7, 11) is 3.82. The number of benzene rings is 2. The van der Waals surface area contributed by atoms with Crippen LogP contribution in [0.15, 0.2) is 42.5 Å². The highest BCUT2D eigenvalue weighted by Crippen LogP contribution is 2.34. The quantitative estimate of drug-likeness (QED) is 0.623. The standard InChI is InChI=1S/C19H17N5O2/c1-24(2)12-5-3-4-11(8-12)17-15(10-20)18(21)23-19(22-17)14-9-13(25)6-7-16(14)26/h3-9,25-26H,1-2H3,(H2,21,22,23). The summed E-state index contributed by atoms with van der Waals surface area (Å²) >= 11 is 0. The number of aromatic hydroxyl groups is 2. The van der Waals surface area contributed by atoms with Crippen molar-refractivity contribution in [1.29, 1.82) is 5.26 Å². The summed E-state index contributed by atoms with van der Waals surface area (Å²) in [5, 5.41) is 29.3. The first kappa shape index (κ1) is 17.0. The Hall–Kier alpha value is -3.79. The molecule has 3 aromatic rings. The average Bonchev–Trinajstić information content (AvgIpc) is 2.63. The highest BCUT2D eigenvalue weighted by Gasteiger charge is 2.17. The molecule has 1 aromatic heterocycles. The number of phenolic OH excluding ortho intramolecular Hbond substituents is 2. The molecule has 0 aliphatic rings. The summed E-state index contributed by atoms with van der Waals surface area (Å²) < 4.78 is 0. The Morgan fingerprint density at radius 2 is 1.85 bits per heavy atom. The SMILES string of the molecule is CN(C)c1cccc(-c2nc(-c3cc(O)ccc3O)nc(N)c2C#N)c1. The highest BCUT2D eigenvalue weighted by molar-refractivity contribution is 5.78. The van der Waals surface area contributed by atoms with E-state index in [2.05, 4.69) is 9.97 Å². The van der Waals surface area contributed by atoms with Crippen LogP contribution in [0, 0.1) is 11.3 Å². The molecule has 0 aliphatic heterocycles. The lowest BCUT2D eigenvalue weighted by molar-refractivity contribution is 0.461. The lowest BCUT2D eigenvalue weighted by Gasteiger charge is -2.15. The Morgan fingerprint density at radius 3 is 2.54 bits per heavy atom. The van der Waals surface area contributed by atoms with E-state index in [0.29, 0.717) is 11.3 Å². The third kappa shape index (κ3) is 3.08. The Balaban J connectivity index is 2.25. The molecule has 0 radical (unpaired) electrons. The molecule has 3 rings (SSSR count). The minimum atomic E-state index is -0.0973. The van der Waals surface area contributed by atoms with Crippen LogP contribution in [0.5, 0.6) is 11.5 Å². The maximum absolute atomic E-state index is 10.1. The average molecular weight is 347 g/mol. The fourth-order valence-corrected chi connectivity index (χ4v) is 2.55. The summed E-state index contributed by atoms with van der Waals surface area (Å²) in [5.41, 5.74) is 8.34. The molecule has 130 valence electrons. The zero-order chi connectivity index (χ0) is 18.8. The predicted octanol–water partition coefficient (Wildman–Crippen LogP) is 2.74. The van der Waals surface area contributed by atoms with Crippen LogP contribution in [-0.4, -0.2) is 34.3 Å². The molecule has 7 nitrogen and oxygen atoms in total. The first-order valence-corrected chi connectivity index (χ1v) is 7.78. The van der Waals surface area contributed by atoms with Crippen molar-refractivity contribution >= 4 is 11.5 Å². The second-order valence-corrected chi connectivity index (χ2v) is 5.91. The van der Waals surface area contributed by atoms with Gasteiger partial charge in [0.15, 0.2) is 5.82 Å². The summed E-state index contributed by atoms with van der Waals surface area (Å²) in [4.78, 5) is 10.5. The Labute approximate surface area is 150 Å². The molecule has 0 bridgehead atoms. The van der Waals surface area contributed by atoms with E-state index in [4.69, 9.17) is 5.73 Å².